The van der Waals surface area contributed by atoms with Crippen LogP contribution in [0.5, 0.6) is 0 Å². The molecule has 0 radical (unpaired) electrons. The highest BCUT2D eigenvalue weighted by Crippen LogP contribution is 2.07. The molecule has 23 heavy (non-hydrogen) atoms. The Hall–Kier alpha value is -2.17. The maximum atomic E-state index is 12.3. The van der Waals surface area contributed by atoms with Crippen LogP contribution in [0.4, 0.5) is 0 Å². The van der Waals surface area contributed by atoms with Crippen LogP contribution in [0.25, 0.3) is 6.08 Å². The van der Waals surface area contributed by atoms with E-state index >= 15 is 0 Å². The lowest BCUT2D eigenvalue weighted by Gasteiger charge is -2.20. The molecule has 0 saturated heterocycles. The van der Waals surface area contributed by atoms with Gasteiger partial charge in [0, 0.05) is 25.4 Å². The van der Waals surface area contributed by atoms with Gasteiger partial charge in [-0.3, -0.25) is 4.79 Å². The van der Waals surface area contributed by atoms with Crippen molar-refractivity contribution in [2.75, 3.05) is 19.7 Å². The maximum absolute atomic E-state index is 12.3. The second-order valence-corrected chi connectivity index (χ2v) is 5.42. The highest BCUT2D eigenvalue weighted by atomic mass is 35.5. The molecule has 5 heteroatoms. The molecule has 1 aromatic heterocycles. The van der Waals surface area contributed by atoms with Gasteiger partial charge >= 0.3 is 0 Å². The fourth-order valence-corrected chi connectivity index (χ4v) is 2.23. The molecule has 1 N–H and O–H groups in total. The van der Waals surface area contributed by atoms with Crippen molar-refractivity contribution in [1.29, 1.82) is 0 Å². The molecule has 2 rings (SSSR count). The molecule has 1 aromatic carbocycles. The van der Waals surface area contributed by atoms with Gasteiger partial charge in [-0.2, -0.15) is 0 Å². The topological polar surface area (TPSA) is 53.4 Å². The molecule has 0 saturated carbocycles. The average molecular weight is 331 g/mol. The summed E-state index contributed by atoms with van der Waals surface area (Å²) in [5.41, 5.74) is 1.96. The summed E-state index contributed by atoms with van der Waals surface area (Å²) in [7, 11) is 0. The van der Waals surface area contributed by atoms with E-state index in [1.807, 2.05) is 30.3 Å². The maximum Gasteiger partial charge on any atom is 0.246 e. The summed E-state index contributed by atoms with van der Waals surface area (Å²) in [5, 5.41) is 9.57. The van der Waals surface area contributed by atoms with Crippen molar-refractivity contribution < 1.29 is 9.90 Å². The molecule has 0 aliphatic heterocycles. The first-order valence-corrected chi connectivity index (χ1v) is 7.80. The van der Waals surface area contributed by atoms with Gasteiger partial charge in [0.05, 0.1) is 6.61 Å². The Balaban J connectivity index is 1.95. The summed E-state index contributed by atoms with van der Waals surface area (Å²) in [4.78, 5) is 17.9. The van der Waals surface area contributed by atoms with Crippen LogP contribution in [0, 0.1) is 0 Å². The zero-order chi connectivity index (χ0) is 16.5. The number of hydrogen-bond donors (Lipinski definition) is 1. The number of halogens is 1. The van der Waals surface area contributed by atoms with Crippen LogP contribution < -0.4 is 0 Å². The normalized spacial score (nSPS) is 10.9. The van der Waals surface area contributed by atoms with E-state index in [-0.39, 0.29) is 12.5 Å². The number of hydrogen-bond acceptors (Lipinski definition) is 3. The lowest BCUT2D eigenvalue weighted by molar-refractivity contribution is -0.126. The van der Waals surface area contributed by atoms with Crippen molar-refractivity contribution in [2.45, 2.75) is 6.42 Å². The minimum absolute atomic E-state index is 0.0587. The largest absolute Gasteiger partial charge is 0.395 e. The highest BCUT2D eigenvalue weighted by Gasteiger charge is 2.09. The number of aliphatic hydroxyl groups excluding tert-OH is 1. The highest BCUT2D eigenvalue weighted by molar-refractivity contribution is 6.29. The third kappa shape index (κ3) is 5.85. The Morgan fingerprint density at radius 1 is 1.17 bits per heavy atom. The van der Waals surface area contributed by atoms with Crippen molar-refractivity contribution >= 4 is 23.6 Å². The summed E-state index contributed by atoms with van der Waals surface area (Å²) < 4.78 is 0. The van der Waals surface area contributed by atoms with Crippen LogP contribution >= 0.6 is 11.6 Å². The van der Waals surface area contributed by atoms with Gasteiger partial charge in [0.2, 0.25) is 5.91 Å². The number of amides is 1. The summed E-state index contributed by atoms with van der Waals surface area (Å²) >= 11 is 5.73. The standard InChI is InChI=1S/C18H19ClN2O2/c19-17-8-6-16(14-20-17)7-9-18(23)21(12-13-22)11-10-15-4-2-1-3-5-15/h1-9,14,22H,10-13H2/b9-7+. The molecular weight excluding hydrogens is 312 g/mol. The second-order valence-electron chi connectivity index (χ2n) is 5.03. The van der Waals surface area contributed by atoms with Gasteiger partial charge in [0.25, 0.3) is 0 Å². The first kappa shape index (κ1) is 17.2. The summed E-state index contributed by atoms with van der Waals surface area (Å²) in [6.45, 7) is 0.818. The Labute approximate surface area is 141 Å². The number of carbonyl (C=O) groups excluding carboxylic acids is 1. The van der Waals surface area contributed by atoms with Crippen molar-refractivity contribution in [3.05, 3.63) is 71.0 Å². The predicted octanol–water partition coefficient (Wildman–Crippen LogP) is 2.81. The van der Waals surface area contributed by atoms with Gasteiger partial charge in [-0.15, -0.1) is 0 Å². The minimum Gasteiger partial charge on any atom is -0.395 e. The zero-order valence-electron chi connectivity index (χ0n) is 12.7. The number of benzene rings is 1. The number of aromatic nitrogens is 1. The van der Waals surface area contributed by atoms with Gasteiger partial charge in [-0.1, -0.05) is 48.0 Å². The molecule has 1 heterocycles. The second kappa shape index (κ2) is 9.08. The van der Waals surface area contributed by atoms with Gasteiger partial charge in [-0.25, -0.2) is 4.98 Å². The Morgan fingerprint density at radius 3 is 2.61 bits per heavy atom. The van der Waals surface area contributed by atoms with Crippen LogP contribution in [0.1, 0.15) is 11.1 Å². The van der Waals surface area contributed by atoms with Gasteiger partial charge in [-0.05, 0) is 29.7 Å². The molecule has 4 nitrogen and oxygen atoms in total. The van der Waals surface area contributed by atoms with E-state index in [0.29, 0.717) is 18.2 Å². The van der Waals surface area contributed by atoms with Crippen molar-refractivity contribution in [3.63, 3.8) is 0 Å². The molecule has 0 aliphatic carbocycles. The van der Waals surface area contributed by atoms with Crippen molar-refractivity contribution in [3.8, 4) is 0 Å². The minimum atomic E-state index is -0.134. The monoisotopic (exact) mass is 330 g/mol. The van der Waals surface area contributed by atoms with E-state index < -0.39 is 0 Å². The van der Waals surface area contributed by atoms with E-state index in [2.05, 4.69) is 4.98 Å². The number of carbonyl (C=O) groups is 1. The molecule has 120 valence electrons. The van der Waals surface area contributed by atoms with Gasteiger partial charge < -0.3 is 10.0 Å². The summed E-state index contributed by atoms with van der Waals surface area (Å²) in [5.74, 6) is -0.134. The molecule has 0 spiro atoms. The molecule has 0 bridgehead atoms. The van der Waals surface area contributed by atoms with Crippen molar-refractivity contribution in [1.82, 2.24) is 9.88 Å². The number of rotatable bonds is 7. The van der Waals surface area contributed by atoms with Crippen molar-refractivity contribution in [2.24, 2.45) is 0 Å². The summed E-state index contributed by atoms with van der Waals surface area (Å²) in [6, 6.07) is 13.4. The van der Waals surface area contributed by atoms with Gasteiger partial charge in [0.15, 0.2) is 0 Å². The SMILES string of the molecule is O=C(/C=C/c1ccc(Cl)nc1)N(CCO)CCc1ccccc1. The Kier molecular flexibility index (Phi) is 6.78. The Morgan fingerprint density at radius 2 is 1.96 bits per heavy atom. The smallest absolute Gasteiger partial charge is 0.246 e. The van der Waals surface area contributed by atoms with E-state index in [1.54, 1.807) is 29.3 Å². The molecule has 2 aromatic rings. The molecule has 0 aliphatic rings. The van der Waals surface area contributed by atoms with Crippen LogP contribution in [-0.4, -0.2) is 40.6 Å². The zero-order valence-corrected chi connectivity index (χ0v) is 13.5. The first-order valence-electron chi connectivity index (χ1n) is 7.42. The fraction of sp³-hybridized carbons (Fsp3) is 0.222. The Bertz CT molecular complexity index is 642. The van der Waals surface area contributed by atoms with E-state index in [0.717, 1.165) is 17.5 Å². The number of pyridine rings is 1. The van der Waals surface area contributed by atoms with E-state index in [9.17, 15) is 4.79 Å². The average Bonchev–Trinajstić information content (AvgIpc) is 2.58. The summed E-state index contributed by atoms with van der Waals surface area (Å²) in [6.07, 6.45) is 5.54. The molecular formula is C18H19ClN2O2. The number of nitrogens with zero attached hydrogens (tertiary/aromatic N) is 2. The van der Waals surface area contributed by atoms with E-state index in [1.165, 1.54) is 6.08 Å². The molecule has 0 atom stereocenters. The molecule has 0 fully saturated rings. The van der Waals surface area contributed by atoms with Crippen LogP contribution in [-0.2, 0) is 11.2 Å². The molecule has 0 unspecified atom stereocenters. The van der Waals surface area contributed by atoms with Gasteiger partial charge in [0.1, 0.15) is 5.15 Å². The molecule has 1 amide bonds. The first-order chi connectivity index (χ1) is 11.2. The lowest BCUT2D eigenvalue weighted by Crippen LogP contribution is -2.34. The van der Waals surface area contributed by atoms with Crippen LogP contribution in [0.3, 0.4) is 0 Å². The third-order valence-corrected chi connectivity index (χ3v) is 3.59. The van der Waals surface area contributed by atoms with Crippen LogP contribution in [0.2, 0.25) is 5.15 Å². The fourth-order valence-electron chi connectivity index (χ4n) is 2.12. The lowest BCUT2D eigenvalue weighted by atomic mass is 10.1. The number of aliphatic hydroxyl groups is 1. The predicted molar refractivity (Wildman–Crippen MR) is 92.1 cm³/mol. The van der Waals surface area contributed by atoms with E-state index in [4.69, 9.17) is 16.7 Å². The third-order valence-electron chi connectivity index (χ3n) is 3.36. The van der Waals surface area contributed by atoms with Crippen LogP contribution in [0.15, 0.2) is 54.7 Å². The quantitative estimate of drug-likeness (QED) is 0.627.